The molecule has 0 unspecified atom stereocenters. The number of alkyl halides is 3. The summed E-state index contributed by atoms with van der Waals surface area (Å²) in [5, 5.41) is 0. The highest BCUT2D eigenvalue weighted by molar-refractivity contribution is 5.75. The fourth-order valence-electron chi connectivity index (χ4n) is 0.777. The SMILES string of the molecule is CN(C)CCCCOC(=O)C(F)(F)F. The summed E-state index contributed by atoms with van der Waals surface area (Å²) < 4.78 is 38.8. The second-order valence-corrected chi connectivity index (χ2v) is 3.14. The number of carbonyl (C=O) groups excluding carboxylic acids is 1. The lowest BCUT2D eigenvalue weighted by molar-refractivity contribution is -0.199. The maximum atomic E-state index is 11.6. The standard InChI is InChI=1S/C8H14F3NO2/c1-12(2)5-3-4-6-14-7(13)8(9,10)11/h3-6H2,1-2H3. The molecule has 0 heterocycles. The van der Waals surface area contributed by atoms with E-state index in [2.05, 4.69) is 4.74 Å². The Balaban J connectivity index is 3.42. The van der Waals surface area contributed by atoms with Crippen molar-refractivity contribution < 1.29 is 22.7 Å². The molecule has 14 heavy (non-hydrogen) atoms. The van der Waals surface area contributed by atoms with Gasteiger partial charge >= 0.3 is 12.1 Å². The first-order valence-electron chi connectivity index (χ1n) is 4.22. The Morgan fingerprint density at radius 3 is 2.29 bits per heavy atom. The third-order valence-corrected chi connectivity index (χ3v) is 1.46. The number of rotatable bonds is 5. The number of halogens is 3. The molecule has 0 rings (SSSR count). The van der Waals surface area contributed by atoms with E-state index in [0.717, 1.165) is 6.54 Å². The Kier molecular flexibility index (Phi) is 5.52. The Hall–Kier alpha value is -0.780. The lowest BCUT2D eigenvalue weighted by atomic mass is 10.3. The Bertz CT molecular complexity index is 180. The van der Waals surface area contributed by atoms with Crippen molar-refractivity contribution in [2.75, 3.05) is 27.2 Å². The van der Waals surface area contributed by atoms with Gasteiger partial charge in [-0.25, -0.2) is 4.79 Å². The molecule has 0 aromatic heterocycles. The average molecular weight is 213 g/mol. The molecule has 0 bridgehead atoms. The Labute approximate surface area is 80.8 Å². The van der Waals surface area contributed by atoms with E-state index in [1.54, 1.807) is 0 Å². The predicted octanol–water partition coefficient (Wildman–Crippen LogP) is 1.43. The molecule has 0 spiro atoms. The van der Waals surface area contributed by atoms with E-state index >= 15 is 0 Å². The molecule has 0 saturated heterocycles. The zero-order valence-electron chi connectivity index (χ0n) is 8.23. The predicted molar refractivity (Wildman–Crippen MR) is 44.8 cm³/mol. The van der Waals surface area contributed by atoms with Crippen LogP contribution in [-0.2, 0) is 9.53 Å². The molecule has 84 valence electrons. The second-order valence-electron chi connectivity index (χ2n) is 3.14. The van der Waals surface area contributed by atoms with Crippen LogP contribution in [0.25, 0.3) is 0 Å². The van der Waals surface area contributed by atoms with Gasteiger partial charge in [-0.3, -0.25) is 0 Å². The van der Waals surface area contributed by atoms with Crippen molar-refractivity contribution in [3.63, 3.8) is 0 Å². The minimum atomic E-state index is -4.87. The molecule has 0 aromatic carbocycles. The van der Waals surface area contributed by atoms with Crippen LogP contribution >= 0.6 is 0 Å². The van der Waals surface area contributed by atoms with Gasteiger partial charge in [0.15, 0.2) is 0 Å². The van der Waals surface area contributed by atoms with Crippen LogP contribution in [0.4, 0.5) is 13.2 Å². The maximum Gasteiger partial charge on any atom is 0.490 e. The number of carbonyl (C=O) groups is 1. The molecule has 0 aromatic rings. The van der Waals surface area contributed by atoms with Gasteiger partial charge in [-0.1, -0.05) is 0 Å². The van der Waals surface area contributed by atoms with Gasteiger partial charge < -0.3 is 9.64 Å². The number of esters is 1. The molecule has 3 nitrogen and oxygen atoms in total. The van der Waals surface area contributed by atoms with Crippen LogP contribution in [-0.4, -0.2) is 44.3 Å². The third kappa shape index (κ3) is 6.71. The maximum absolute atomic E-state index is 11.6. The van der Waals surface area contributed by atoms with Crippen molar-refractivity contribution in [2.45, 2.75) is 19.0 Å². The summed E-state index contributed by atoms with van der Waals surface area (Å²) in [4.78, 5) is 12.1. The van der Waals surface area contributed by atoms with Crippen molar-refractivity contribution in [3.05, 3.63) is 0 Å². The molecule has 0 saturated carbocycles. The fraction of sp³-hybridized carbons (Fsp3) is 0.875. The van der Waals surface area contributed by atoms with Crippen molar-refractivity contribution in [1.29, 1.82) is 0 Å². The van der Waals surface area contributed by atoms with E-state index in [1.807, 2.05) is 19.0 Å². The van der Waals surface area contributed by atoms with Crippen molar-refractivity contribution in [1.82, 2.24) is 4.90 Å². The highest BCUT2D eigenvalue weighted by Crippen LogP contribution is 2.16. The molecule has 0 radical (unpaired) electrons. The van der Waals surface area contributed by atoms with Crippen LogP contribution < -0.4 is 0 Å². The van der Waals surface area contributed by atoms with Crippen LogP contribution in [0.2, 0.25) is 0 Å². The third-order valence-electron chi connectivity index (χ3n) is 1.46. The smallest absolute Gasteiger partial charge is 0.459 e. The topological polar surface area (TPSA) is 29.5 Å². The molecular formula is C8H14F3NO2. The number of hydrogen-bond donors (Lipinski definition) is 0. The number of ether oxygens (including phenoxy) is 1. The monoisotopic (exact) mass is 213 g/mol. The van der Waals surface area contributed by atoms with Gasteiger partial charge in [0.2, 0.25) is 0 Å². The first kappa shape index (κ1) is 13.2. The first-order valence-corrected chi connectivity index (χ1v) is 4.22. The zero-order chi connectivity index (χ0) is 11.2. The highest BCUT2D eigenvalue weighted by atomic mass is 19.4. The molecule has 0 N–H and O–H groups in total. The van der Waals surface area contributed by atoms with Gasteiger partial charge in [0.1, 0.15) is 0 Å². The number of hydrogen-bond acceptors (Lipinski definition) is 3. The number of nitrogens with zero attached hydrogens (tertiary/aromatic N) is 1. The average Bonchev–Trinajstić information content (AvgIpc) is 2.01. The number of unbranched alkanes of at least 4 members (excludes halogenated alkanes) is 1. The van der Waals surface area contributed by atoms with Crippen LogP contribution in [0.1, 0.15) is 12.8 Å². The van der Waals surface area contributed by atoms with Crippen molar-refractivity contribution in [2.24, 2.45) is 0 Å². The summed E-state index contributed by atoms with van der Waals surface area (Å²) >= 11 is 0. The summed E-state index contributed by atoms with van der Waals surface area (Å²) in [6.45, 7) is 0.593. The van der Waals surface area contributed by atoms with Crippen LogP contribution in [0, 0.1) is 0 Å². The van der Waals surface area contributed by atoms with E-state index in [-0.39, 0.29) is 6.61 Å². The minimum Gasteiger partial charge on any atom is -0.459 e. The fourth-order valence-corrected chi connectivity index (χ4v) is 0.777. The van der Waals surface area contributed by atoms with Crippen molar-refractivity contribution >= 4 is 5.97 Å². The minimum absolute atomic E-state index is 0.174. The van der Waals surface area contributed by atoms with Crippen LogP contribution in [0.3, 0.4) is 0 Å². The molecule has 0 amide bonds. The van der Waals surface area contributed by atoms with E-state index in [4.69, 9.17) is 0 Å². The van der Waals surface area contributed by atoms with E-state index in [1.165, 1.54) is 0 Å². The summed E-state index contributed by atoms with van der Waals surface area (Å²) in [6, 6.07) is 0. The van der Waals surface area contributed by atoms with Crippen LogP contribution in [0.15, 0.2) is 0 Å². The van der Waals surface area contributed by atoms with E-state index < -0.39 is 12.1 Å². The van der Waals surface area contributed by atoms with E-state index in [9.17, 15) is 18.0 Å². The van der Waals surface area contributed by atoms with Gasteiger partial charge in [-0.05, 0) is 33.5 Å². The molecule has 0 aliphatic carbocycles. The van der Waals surface area contributed by atoms with Crippen LogP contribution in [0.5, 0.6) is 0 Å². The molecular weight excluding hydrogens is 199 g/mol. The molecule has 0 aliphatic rings. The summed E-state index contributed by atoms with van der Waals surface area (Å²) in [5.41, 5.74) is 0. The summed E-state index contributed by atoms with van der Waals surface area (Å²) in [7, 11) is 3.73. The molecule has 6 heteroatoms. The molecule has 0 atom stereocenters. The van der Waals surface area contributed by atoms with Gasteiger partial charge in [0, 0.05) is 0 Å². The van der Waals surface area contributed by atoms with Gasteiger partial charge in [-0.15, -0.1) is 0 Å². The molecule has 0 fully saturated rings. The summed E-state index contributed by atoms with van der Waals surface area (Å²) in [6.07, 6.45) is -3.72. The quantitative estimate of drug-likeness (QED) is 0.511. The first-order chi connectivity index (χ1) is 6.34. The lowest BCUT2D eigenvalue weighted by Gasteiger charge is -2.09. The van der Waals surface area contributed by atoms with E-state index in [0.29, 0.717) is 12.8 Å². The zero-order valence-corrected chi connectivity index (χ0v) is 8.23. The molecule has 0 aliphatic heterocycles. The van der Waals surface area contributed by atoms with Gasteiger partial charge in [0.25, 0.3) is 0 Å². The van der Waals surface area contributed by atoms with Gasteiger partial charge in [0.05, 0.1) is 6.61 Å². The highest BCUT2D eigenvalue weighted by Gasteiger charge is 2.40. The Morgan fingerprint density at radius 1 is 1.29 bits per heavy atom. The lowest BCUT2D eigenvalue weighted by Crippen LogP contribution is -2.25. The second kappa shape index (κ2) is 5.85. The summed E-state index contributed by atoms with van der Waals surface area (Å²) in [5.74, 6) is -2.11. The normalized spacial score (nSPS) is 11.9. The largest absolute Gasteiger partial charge is 0.490 e. The van der Waals surface area contributed by atoms with Gasteiger partial charge in [-0.2, -0.15) is 13.2 Å². The Morgan fingerprint density at radius 2 is 1.86 bits per heavy atom. The van der Waals surface area contributed by atoms with Crippen molar-refractivity contribution in [3.8, 4) is 0 Å².